The topological polar surface area (TPSA) is 90.3 Å². The molecule has 8 heteroatoms. The Morgan fingerprint density at radius 2 is 1.96 bits per heavy atom. The number of benzene rings is 2. The number of rotatable bonds is 3. The SMILES string of the molecule is N#Cc1ccc(NC(=O)CN2c3ccc(Br)cc3CS2(=O)=O)cc1. The number of halogens is 1. The quantitative estimate of drug-likeness (QED) is 0.849. The number of hydrogen-bond acceptors (Lipinski definition) is 4. The van der Waals surface area contributed by atoms with E-state index in [1.165, 1.54) is 0 Å². The molecule has 122 valence electrons. The Balaban J connectivity index is 1.77. The Morgan fingerprint density at radius 1 is 1.25 bits per heavy atom. The van der Waals surface area contributed by atoms with Crippen LogP contribution in [0, 0.1) is 11.3 Å². The van der Waals surface area contributed by atoms with E-state index < -0.39 is 15.9 Å². The largest absolute Gasteiger partial charge is 0.325 e. The summed E-state index contributed by atoms with van der Waals surface area (Å²) in [5.41, 5.74) is 2.17. The molecule has 0 saturated heterocycles. The predicted octanol–water partition coefficient (Wildman–Crippen LogP) is 2.61. The standard InChI is InChI=1S/C16H12BrN3O3S/c17-13-3-6-15-12(7-13)10-24(22,23)20(15)9-16(21)19-14-4-1-11(8-18)2-5-14/h1-7H,9-10H2,(H,19,21). The molecular weight excluding hydrogens is 394 g/mol. The molecule has 2 aromatic rings. The summed E-state index contributed by atoms with van der Waals surface area (Å²) in [7, 11) is -3.55. The Hall–Kier alpha value is -2.37. The lowest BCUT2D eigenvalue weighted by atomic mass is 10.2. The van der Waals surface area contributed by atoms with Gasteiger partial charge in [-0.1, -0.05) is 15.9 Å². The summed E-state index contributed by atoms with van der Waals surface area (Å²) in [6.45, 7) is -0.295. The molecule has 24 heavy (non-hydrogen) atoms. The van der Waals surface area contributed by atoms with Gasteiger partial charge < -0.3 is 5.32 Å². The van der Waals surface area contributed by atoms with Crippen molar-refractivity contribution in [2.75, 3.05) is 16.2 Å². The fourth-order valence-corrected chi connectivity index (χ4v) is 4.46. The molecule has 0 atom stereocenters. The number of nitrogens with one attached hydrogen (secondary N) is 1. The molecule has 0 spiro atoms. The molecule has 1 aliphatic rings. The zero-order chi connectivity index (χ0) is 17.3. The number of hydrogen-bond donors (Lipinski definition) is 1. The number of carbonyl (C=O) groups excluding carboxylic acids is 1. The number of nitrogens with zero attached hydrogens (tertiary/aromatic N) is 2. The fourth-order valence-electron chi connectivity index (χ4n) is 2.48. The Kier molecular flexibility index (Phi) is 4.30. The highest BCUT2D eigenvalue weighted by molar-refractivity contribution is 9.10. The zero-order valence-electron chi connectivity index (χ0n) is 12.4. The van der Waals surface area contributed by atoms with Crippen molar-refractivity contribution in [3.8, 4) is 6.07 Å². The van der Waals surface area contributed by atoms with Gasteiger partial charge in [-0.15, -0.1) is 0 Å². The minimum Gasteiger partial charge on any atom is -0.325 e. The van der Waals surface area contributed by atoms with Gasteiger partial charge >= 0.3 is 0 Å². The highest BCUT2D eigenvalue weighted by Gasteiger charge is 2.34. The zero-order valence-corrected chi connectivity index (χ0v) is 14.8. The smallest absolute Gasteiger partial charge is 0.245 e. The van der Waals surface area contributed by atoms with E-state index in [2.05, 4.69) is 21.2 Å². The van der Waals surface area contributed by atoms with Crippen molar-refractivity contribution in [1.29, 1.82) is 5.26 Å². The summed E-state index contributed by atoms with van der Waals surface area (Å²) in [5, 5.41) is 11.4. The number of nitriles is 1. The van der Waals surface area contributed by atoms with E-state index in [1.807, 2.05) is 6.07 Å². The molecule has 1 N–H and O–H groups in total. The molecule has 3 rings (SSSR count). The number of anilines is 2. The van der Waals surface area contributed by atoms with Crippen LogP contribution >= 0.6 is 15.9 Å². The van der Waals surface area contributed by atoms with E-state index in [1.54, 1.807) is 42.5 Å². The summed E-state index contributed by atoms with van der Waals surface area (Å²) >= 11 is 3.31. The second-order valence-electron chi connectivity index (χ2n) is 5.27. The average Bonchev–Trinajstić information content (AvgIpc) is 2.77. The number of amides is 1. The second kappa shape index (κ2) is 6.26. The molecular formula is C16H12BrN3O3S. The lowest BCUT2D eigenvalue weighted by Crippen LogP contribution is -2.35. The normalized spacial score (nSPS) is 14.8. The van der Waals surface area contributed by atoms with Crippen molar-refractivity contribution in [3.05, 3.63) is 58.1 Å². The van der Waals surface area contributed by atoms with Gasteiger partial charge in [0.25, 0.3) is 0 Å². The van der Waals surface area contributed by atoms with Gasteiger partial charge in [0, 0.05) is 10.2 Å². The van der Waals surface area contributed by atoms with E-state index in [-0.39, 0.29) is 12.3 Å². The van der Waals surface area contributed by atoms with E-state index >= 15 is 0 Å². The molecule has 1 heterocycles. The first-order valence-corrected chi connectivity index (χ1v) is 9.38. The lowest BCUT2D eigenvalue weighted by Gasteiger charge is -2.18. The van der Waals surface area contributed by atoms with Gasteiger partial charge in [0.2, 0.25) is 15.9 Å². The van der Waals surface area contributed by atoms with Crippen LogP contribution in [0.25, 0.3) is 0 Å². The van der Waals surface area contributed by atoms with Crippen LogP contribution in [-0.4, -0.2) is 20.9 Å². The summed E-state index contributed by atoms with van der Waals surface area (Å²) in [4.78, 5) is 12.2. The Labute approximate surface area is 147 Å². The first-order valence-electron chi connectivity index (χ1n) is 6.98. The maximum Gasteiger partial charge on any atom is 0.245 e. The molecule has 0 fully saturated rings. The molecule has 1 amide bonds. The van der Waals surface area contributed by atoms with Crippen LogP contribution in [0.15, 0.2) is 46.9 Å². The van der Waals surface area contributed by atoms with E-state index in [0.29, 0.717) is 22.5 Å². The van der Waals surface area contributed by atoms with Crippen LogP contribution in [0.2, 0.25) is 0 Å². The molecule has 2 aromatic carbocycles. The first kappa shape index (κ1) is 16.5. The third-order valence-corrected chi connectivity index (χ3v) is 5.74. The molecule has 0 aromatic heterocycles. The van der Waals surface area contributed by atoms with Crippen molar-refractivity contribution in [3.63, 3.8) is 0 Å². The summed E-state index contributed by atoms with van der Waals surface area (Å²) in [5.74, 6) is -0.564. The van der Waals surface area contributed by atoms with E-state index in [4.69, 9.17) is 5.26 Å². The molecule has 1 aliphatic heterocycles. The van der Waals surface area contributed by atoms with E-state index in [0.717, 1.165) is 8.78 Å². The van der Waals surface area contributed by atoms with Crippen molar-refractivity contribution in [1.82, 2.24) is 0 Å². The van der Waals surface area contributed by atoms with Gasteiger partial charge in [-0.3, -0.25) is 9.10 Å². The van der Waals surface area contributed by atoms with Crippen molar-refractivity contribution in [2.45, 2.75) is 5.75 Å². The summed E-state index contributed by atoms with van der Waals surface area (Å²) < 4.78 is 26.5. The predicted molar refractivity (Wildman–Crippen MR) is 93.9 cm³/mol. The average molecular weight is 406 g/mol. The lowest BCUT2D eigenvalue weighted by molar-refractivity contribution is -0.114. The van der Waals surface area contributed by atoms with Gasteiger partial charge in [-0.2, -0.15) is 5.26 Å². The van der Waals surface area contributed by atoms with Crippen LogP contribution in [-0.2, 0) is 20.6 Å². The highest BCUT2D eigenvalue weighted by Crippen LogP contribution is 2.35. The summed E-state index contributed by atoms with van der Waals surface area (Å²) in [6, 6.07) is 13.5. The van der Waals surface area contributed by atoms with Gasteiger partial charge in [0.1, 0.15) is 6.54 Å². The maximum atomic E-state index is 12.3. The number of carbonyl (C=O) groups is 1. The summed E-state index contributed by atoms with van der Waals surface area (Å²) in [6.07, 6.45) is 0. The molecule has 0 aliphatic carbocycles. The third-order valence-electron chi connectivity index (χ3n) is 3.57. The Bertz CT molecular complexity index is 950. The van der Waals surface area contributed by atoms with Gasteiger partial charge in [-0.05, 0) is 48.0 Å². The van der Waals surface area contributed by atoms with Crippen LogP contribution in [0.4, 0.5) is 11.4 Å². The minimum atomic E-state index is -3.55. The Morgan fingerprint density at radius 3 is 2.62 bits per heavy atom. The molecule has 0 radical (unpaired) electrons. The van der Waals surface area contributed by atoms with Crippen molar-refractivity contribution in [2.24, 2.45) is 0 Å². The number of sulfonamides is 1. The van der Waals surface area contributed by atoms with Gasteiger partial charge in [0.15, 0.2) is 0 Å². The monoisotopic (exact) mass is 405 g/mol. The molecule has 0 unspecified atom stereocenters. The van der Waals surface area contributed by atoms with E-state index in [9.17, 15) is 13.2 Å². The first-order chi connectivity index (χ1) is 11.4. The molecule has 6 nitrogen and oxygen atoms in total. The molecule has 0 saturated carbocycles. The molecule has 0 bridgehead atoms. The maximum absolute atomic E-state index is 12.3. The van der Waals surface area contributed by atoms with Crippen LogP contribution in [0.1, 0.15) is 11.1 Å². The van der Waals surface area contributed by atoms with Crippen molar-refractivity contribution < 1.29 is 13.2 Å². The van der Waals surface area contributed by atoms with Crippen LogP contribution in [0.3, 0.4) is 0 Å². The third kappa shape index (κ3) is 3.27. The van der Waals surface area contributed by atoms with Crippen molar-refractivity contribution >= 4 is 43.2 Å². The van der Waals surface area contributed by atoms with Gasteiger partial charge in [-0.25, -0.2) is 8.42 Å². The van der Waals surface area contributed by atoms with Gasteiger partial charge in [0.05, 0.1) is 23.1 Å². The van der Waals surface area contributed by atoms with Crippen LogP contribution < -0.4 is 9.62 Å². The minimum absolute atomic E-state index is 0.119. The second-order valence-corrected chi connectivity index (χ2v) is 8.08. The van der Waals surface area contributed by atoms with Crippen LogP contribution in [0.5, 0.6) is 0 Å². The number of fused-ring (bicyclic) bond motifs is 1. The fraction of sp³-hybridized carbons (Fsp3) is 0.125. The highest BCUT2D eigenvalue weighted by atomic mass is 79.9.